The minimum atomic E-state index is -0.678. The zero-order chi connectivity index (χ0) is 19.1. The van der Waals surface area contributed by atoms with Crippen LogP contribution >= 0.6 is 11.6 Å². The van der Waals surface area contributed by atoms with Crippen molar-refractivity contribution in [3.8, 4) is 0 Å². The first kappa shape index (κ1) is 20.0. The van der Waals surface area contributed by atoms with Crippen LogP contribution in [-0.2, 0) is 16.1 Å². The molecule has 5 heteroatoms. The molecule has 0 aliphatic carbocycles. The molecule has 4 nitrogen and oxygen atoms in total. The van der Waals surface area contributed by atoms with Gasteiger partial charge in [0, 0.05) is 25.0 Å². The van der Waals surface area contributed by atoms with Crippen molar-refractivity contribution in [3.63, 3.8) is 0 Å². The van der Waals surface area contributed by atoms with Crippen LogP contribution in [0.5, 0.6) is 0 Å². The molecule has 0 aliphatic heterocycles. The number of rotatable bonds is 7. The average Bonchev–Trinajstić information content (AvgIpc) is 2.62. The molecule has 0 fully saturated rings. The van der Waals surface area contributed by atoms with Gasteiger partial charge in [-0.25, -0.2) is 0 Å². The molecule has 0 spiro atoms. The first-order valence-corrected chi connectivity index (χ1v) is 9.10. The Bertz CT molecular complexity index is 729. The van der Waals surface area contributed by atoms with E-state index in [9.17, 15) is 9.59 Å². The molecule has 0 saturated heterocycles. The predicted octanol–water partition coefficient (Wildman–Crippen LogP) is 4.20. The summed E-state index contributed by atoms with van der Waals surface area (Å²) in [7, 11) is 0. The summed E-state index contributed by atoms with van der Waals surface area (Å²) >= 11 is 5.95. The van der Waals surface area contributed by atoms with Gasteiger partial charge in [0.1, 0.15) is 6.04 Å². The van der Waals surface area contributed by atoms with Crippen LogP contribution < -0.4 is 5.32 Å². The van der Waals surface area contributed by atoms with Crippen molar-refractivity contribution < 1.29 is 9.59 Å². The molecular weight excluding hydrogens is 348 g/mol. The standard InChI is InChI=1S/C21H25ClN2O2/c1-15(2)13-23-21(26)20(18-7-5-4-6-8-18)24(16(3)25)14-17-9-11-19(22)12-10-17/h4-12,15,20H,13-14H2,1-3H3,(H,23,26)/t20-/m0/s1. The highest BCUT2D eigenvalue weighted by atomic mass is 35.5. The van der Waals surface area contributed by atoms with Gasteiger partial charge < -0.3 is 10.2 Å². The first-order valence-electron chi connectivity index (χ1n) is 8.72. The minimum Gasteiger partial charge on any atom is -0.354 e. The number of hydrogen-bond acceptors (Lipinski definition) is 2. The van der Waals surface area contributed by atoms with Crippen LogP contribution in [0.3, 0.4) is 0 Å². The maximum Gasteiger partial charge on any atom is 0.247 e. The first-order chi connectivity index (χ1) is 12.4. The largest absolute Gasteiger partial charge is 0.354 e. The van der Waals surface area contributed by atoms with Crippen molar-refractivity contribution in [2.45, 2.75) is 33.4 Å². The topological polar surface area (TPSA) is 49.4 Å². The fourth-order valence-corrected chi connectivity index (χ4v) is 2.81. The predicted molar refractivity (Wildman–Crippen MR) is 105 cm³/mol. The third-order valence-corrected chi connectivity index (χ3v) is 4.28. The van der Waals surface area contributed by atoms with Crippen molar-refractivity contribution >= 4 is 23.4 Å². The second-order valence-corrected chi connectivity index (χ2v) is 7.16. The summed E-state index contributed by atoms with van der Waals surface area (Å²) in [4.78, 5) is 26.9. The van der Waals surface area contributed by atoms with Gasteiger partial charge >= 0.3 is 0 Å². The van der Waals surface area contributed by atoms with E-state index in [-0.39, 0.29) is 11.8 Å². The molecule has 0 radical (unpaired) electrons. The zero-order valence-corrected chi connectivity index (χ0v) is 16.2. The summed E-state index contributed by atoms with van der Waals surface area (Å²) in [5, 5.41) is 3.59. The van der Waals surface area contributed by atoms with E-state index in [1.54, 1.807) is 17.0 Å². The Hall–Kier alpha value is -2.33. The SMILES string of the molecule is CC(=O)N(Cc1ccc(Cl)cc1)[C@H](C(=O)NCC(C)C)c1ccccc1. The summed E-state index contributed by atoms with van der Waals surface area (Å²) in [6, 6.07) is 16.0. The Labute approximate surface area is 160 Å². The van der Waals surface area contributed by atoms with Gasteiger partial charge in [-0.2, -0.15) is 0 Å². The minimum absolute atomic E-state index is 0.159. The number of amides is 2. The monoisotopic (exact) mass is 372 g/mol. The molecule has 0 saturated carbocycles. The smallest absolute Gasteiger partial charge is 0.247 e. The molecule has 2 rings (SSSR count). The van der Waals surface area contributed by atoms with E-state index >= 15 is 0 Å². The molecule has 0 aliphatic rings. The van der Waals surface area contributed by atoms with Crippen LogP contribution in [0.4, 0.5) is 0 Å². The van der Waals surface area contributed by atoms with E-state index in [1.165, 1.54) is 6.92 Å². The fraction of sp³-hybridized carbons (Fsp3) is 0.333. The summed E-state index contributed by atoms with van der Waals surface area (Å²) < 4.78 is 0. The van der Waals surface area contributed by atoms with Crippen molar-refractivity contribution in [1.82, 2.24) is 10.2 Å². The molecule has 2 aromatic rings. The Balaban J connectivity index is 2.33. The van der Waals surface area contributed by atoms with Crippen LogP contribution in [0.1, 0.15) is 37.9 Å². The van der Waals surface area contributed by atoms with E-state index in [2.05, 4.69) is 5.32 Å². The Morgan fingerprint density at radius 3 is 2.19 bits per heavy atom. The second-order valence-electron chi connectivity index (χ2n) is 6.73. The summed E-state index contributed by atoms with van der Waals surface area (Å²) in [6.45, 7) is 6.46. The highest BCUT2D eigenvalue weighted by molar-refractivity contribution is 6.30. The number of hydrogen-bond donors (Lipinski definition) is 1. The molecule has 0 bridgehead atoms. The molecule has 0 aromatic heterocycles. The lowest BCUT2D eigenvalue weighted by Crippen LogP contribution is -2.43. The molecular formula is C21H25ClN2O2. The lowest BCUT2D eigenvalue weighted by Gasteiger charge is -2.31. The number of nitrogens with one attached hydrogen (secondary N) is 1. The van der Waals surface area contributed by atoms with E-state index in [0.717, 1.165) is 11.1 Å². The summed E-state index contributed by atoms with van der Waals surface area (Å²) in [5.74, 6) is -0.0000184. The quantitative estimate of drug-likeness (QED) is 0.791. The molecule has 1 N–H and O–H groups in total. The van der Waals surface area contributed by atoms with Gasteiger partial charge in [-0.3, -0.25) is 9.59 Å². The van der Waals surface area contributed by atoms with E-state index in [0.29, 0.717) is 24.0 Å². The molecule has 0 heterocycles. The highest BCUT2D eigenvalue weighted by Gasteiger charge is 2.29. The molecule has 1 atom stereocenters. The summed E-state index contributed by atoms with van der Waals surface area (Å²) in [5.41, 5.74) is 1.71. The van der Waals surface area contributed by atoms with Crippen LogP contribution in [0, 0.1) is 5.92 Å². The van der Waals surface area contributed by atoms with Crippen molar-refractivity contribution in [3.05, 3.63) is 70.7 Å². The van der Waals surface area contributed by atoms with Crippen LogP contribution in [-0.4, -0.2) is 23.3 Å². The van der Waals surface area contributed by atoms with E-state index in [4.69, 9.17) is 11.6 Å². The lowest BCUT2D eigenvalue weighted by atomic mass is 10.0. The van der Waals surface area contributed by atoms with Crippen LogP contribution in [0.15, 0.2) is 54.6 Å². The van der Waals surface area contributed by atoms with Gasteiger partial charge in [0.15, 0.2) is 0 Å². The average molecular weight is 373 g/mol. The Morgan fingerprint density at radius 1 is 1.04 bits per heavy atom. The third-order valence-electron chi connectivity index (χ3n) is 4.03. The van der Waals surface area contributed by atoms with Crippen molar-refractivity contribution in [2.24, 2.45) is 5.92 Å². The van der Waals surface area contributed by atoms with Crippen molar-refractivity contribution in [1.29, 1.82) is 0 Å². The van der Waals surface area contributed by atoms with Gasteiger partial charge in [0.05, 0.1) is 0 Å². The third kappa shape index (κ3) is 5.60. The highest BCUT2D eigenvalue weighted by Crippen LogP contribution is 2.24. The van der Waals surface area contributed by atoms with Crippen molar-refractivity contribution in [2.75, 3.05) is 6.54 Å². The number of halogens is 1. The Morgan fingerprint density at radius 2 is 1.65 bits per heavy atom. The molecule has 26 heavy (non-hydrogen) atoms. The Kier molecular flexibility index (Phi) is 7.22. The number of nitrogens with zero attached hydrogens (tertiary/aromatic N) is 1. The van der Waals surface area contributed by atoms with Gasteiger partial charge in [-0.15, -0.1) is 0 Å². The molecule has 138 valence electrons. The van der Waals surface area contributed by atoms with Crippen LogP contribution in [0.2, 0.25) is 5.02 Å². The van der Waals surface area contributed by atoms with Gasteiger partial charge in [-0.1, -0.05) is 67.9 Å². The maximum atomic E-state index is 12.9. The van der Waals surface area contributed by atoms with E-state index in [1.807, 2.05) is 56.3 Å². The number of carbonyl (C=O) groups is 2. The van der Waals surface area contributed by atoms with Crippen LogP contribution in [0.25, 0.3) is 0 Å². The van der Waals surface area contributed by atoms with Gasteiger partial charge in [0.2, 0.25) is 11.8 Å². The zero-order valence-electron chi connectivity index (χ0n) is 15.4. The van der Waals surface area contributed by atoms with E-state index < -0.39 is 6.04 Å². The lowest BCUT2D eigenvalue weighted by molar-refractivity contribution is -0.140. The van der Waals surface area contributed by atoms with Gasteiger partial charge in [0.25, 0.3) is 0 Å². The van der Waals surface area contributed by atoms with Gasteiger partial charge in [-0.05, 0) is 29.2 Å². The fourth-order valence-electron chi connectivity index (χ4n) is 2.68. The molecule has 2 amide bonds. The second kappa shape index (κ2) is 9.39. The molecule has 0 unspecified atom stereocenters. The maximum absolute atomic E-state index is 12.9. The normalized spacial score (nSPS) is 11.9. The number of benzene rings is 2. The number of carbonyl (C=O) groups excluding carboxylic acids is 2. The molecule has 2 aromatic carbocycles. The summed E-state index contributed by atoms with van der Waals surface area (Å²) in [6.07, 6.45) is 0.